The number of carbonyl (C=O) groups excluding carboxylic acids is 1. The maximum atomic E-state index is 11.7. The van der Waals surface area contributed by atoms with Crippen molar-refractivity contribution in [2.24, 2.45) is 0 Å². The maximum Gasteiger partial charge on any atom is 0.337 e. The fraction of sp³-hybridized carbons (Fsp3) is 0.143. The molecule has 0 amide bonds. The van der Waals surface area contributed by atoms with Crippen molar-refractivity contribution in [1.29, 1.82) is 0 Å². The average Bonchev–Trinajstić information content (AvgIpc) is 2.36. The van der Waals surface area contributed by atoms with Crippen molar-refractivity contribution in [3.63, 3.8) is 0 Å². The summed E-state index contributed by atoms with van der Waals surface area (Å²) < 4.78 is 0. The summed E-state index contributed by atoms with van der Waals surface area (Å²) >= 11 is 0. The fourth-order valence-electron chi connectivity index (χ4n) is 1.92. The molecule has 0 unspecified atom stereocenters. The SMILES string of the molecule is CCC(=O)c1ccc2ccccc2c1C(=O)O. The van der Waals surface area contributed by atoms with Crippen LogP contribution in [0.1, 0.15) is 34.1 Å². The van der Waals surface area contributed by atoms with Gasteiger partial charge in [0, 0.05) is 12.0 Å². The Kier molecular flexibility index (Phi) is 2.91. The second-order valence-corrected chi connectivity index (χ2v) is 3.79. The number of benzene rings is 2. The second-order valence-electron chi connectivity index (χ2n) is 3.79. The molecule has 86 valence electrons. The summed E-state index contributed by atoms with van der Waals surface area (Å²) in [5, 5.41) is 10.7. The van der Waals surface area contributed by atoms with E-state index in [0.29, 0.717) is 17.4 Å². The Morgan fingerprint density at radius 3 is 2.47 bits per heavy atom. The van der Waals surface area contributed by atoms with Crippen molar-refractivity contribution in [3.05, 3.63) is 47.5 Å². The molecule has 17 heavy (non-hydrogen) atoms. The highest BCUT2D eigenvalue weighted by atomic mass is 16.4. The van der Waals surface area contributed by atoms with Crippen molar-refractivity contribution in [3.8, 4) is 0 Å². The number of aromatic carboxylic acids is 1. The number of hydrogen-bond acceptors (Lipinski definition) is 2. The molecular formula is C14H12O3. The third-order valence-corrected chi connectivity index (χ3v) is 2.76. The average molecular weight is 228 g/mol. The van der Waals surface area contributed by atoms with Crippen molar-refractivity contribution in [1.82, 2.24) is 0 Å². The molecule has 2 aromatic rings. The Hall–Kier alpha value is -2.16. The number of hydrogen-bond donors (Lipinski definition) is 1. The van der Waals surface area contributed by atoms with Gasteiger partial charge in [-0.05, 0) is 16.8 Å². The lowest BCUT2D eigenvalue weighted by atomic mass is 9.95. The molecule has 0 bridgehead atoms. The summed E-state index contributed by atoms with van der Waals surface area (Å²) in [4.78, 5) is 23.0. The standard InChI is InChI=1S/C14H12O3/c1-2-12(15)11-8-7-9-5-3-4-6-10(9)13(11)14(16)17/h3-8H,2H2,1H3,(H,16,17). The largest absolute Gasteiger partial charge is 0.478 e. The lowest BCUT2D eigenvalue weighted by Gasteiger charge is -2.07. The van der Waals surface area contributed by atoms with Crippen LogP contribution < -0.4 is 0 Å². The van der Waals surface area contributed by atoms with E-state index in [9.17, 15) is 14.7 Å². The first-order chi connectivity index (χ1) is 8.15. The molecule has 0 heterocycles. The molecule has 1 N–H and O–H groups in total. The van der Waals surface area contributed by atoms with Crippen LogP contribution in [0.2, 0.25) is 0 Å². The van der Waals surface area contributed by atoms with Crippen molar-refractivity contribution < 1.29 is 14.7 Å². The Balaban J connectivity index is 2.82. The van der Waals surface area contributed by atoms with Crippen LogP contribution >= 0.6 is 0 Å². The molecule has 0 aliphatic carbocycles. The van der Waals surface area contributed by atoms with Gasteiger partial charge < -0.3 is 5.11 Å². The molecule has 0 radical (unpaired) electrons. The highest BCUT2D eigenvalue weighted by Gasteiger charge is 2.17. The molecule has 0 saturated heterocycles. The molecule has 0 atom stereocenters. The molecule has 0 spiro atoms. The highest BCUT2D eigenvalue weighted by molar-refractivity contribution is 6.13. The summed E-state index contributed by atoms with van der Waals surface area (Å²) in [6.45, 7) is 1.73. The number of ketones is 1. The first-order valence-electron chi connectivity index (χ1n) is 5.43. The molecule has 2 aromatic carbocycles. The quantitative estimate of drug-likeness (QED) is 0.821. The summed E-state index contributed by atoms with van der Waals surface area (Å²) in [5.74, 6) is -1.20. The van der Waals surface area contributed by atoms with Crippen LogP contribution in [-0.4, -0.2) is 16.9 Å². The first kappa shape index (κ1) is 11.3. The number of fused-ring (bicyclic) bond motifs is 1. The minimum Gasteiger partial charge on any atom is -0.478 e. The zero-order chi connectivity index (χ0) is 12.4. The number of carboxylic acids is 1. The van der Waals surface area contributed by atoms with Crippen LogP contribution in [-0.2, 0) is 0 Å². The van der Waals surface area contributed by atoms with E-state index in [4.69, 9.17) is 0 Å². The van der Waals surface area contributed by atoms with Gasteiger partial charge in [-0.1, -0.05) is 37.3 Å². The minimum absolute atomic E-state index is 0.106. The smallest absolute Gasteiger partial charge is 0.337 e. The van der Waals surface area contributed by atoms with E-state index in [1.807, 2.05) is 12.1 Å². The fourth-order valence-corrected chi connectivity index (χ4v) is 1.92. The van der Waals surface area contributed by atoms with Gasteiger partial charge in [0.1, 0.15) is 0 Å². The Labute approximate surface area is 98.7 Å². The van der Waals surface area contributed by atoms with E-state index in [1.54, 1.807) is 31.2 Å². The van der Waals surface area contributed by atoms with Crippen LogP contribution in [0.25, 0.3) is 10.8 Å². The van der Waals surface area contributed by atoms with Gasteiger partial charge in [0.25, 0.3) is 0 Å². The molecule has 2 rings (SSSR count). The Morgan fingerprint density at radius 2 is 1.82 bits per heavy atom. The number of carbonyl (C=O) groups is 2. The molecule has 0 aromatic heterocycles. The van der Waals surface area contributed by atoms with Gasteiger partial charge in [0.15, 0.2) is 5.78 Å². The van der Waals surface area contributed by atoms with E-state index in [0.717, 1.165) is 5.39 Å². The lowest BCUT2D eigenvalue weighted by Crippen LogP contribution is -2.08. The van der Waals surface area contributed by atoms with Crippen LogP contribution in [0.3, 0.4) is 0 Å². The highest BCUT2D eigenvalue weighted by Crippen LogP contribution is 2.23. The van der Waals surface area contributed by atoms with E-state index in [-0.39, 0.29) is 11.3 Å². The maximum absolute atomic E-state index is 11.7. The number of Topliss-reactive ketones (excluding diaryl/α,β-unsaturated/α-hetero) is 1. The molecule has 0 aliphatic rings. The summed E-state index contributed by atoms with van der Waals surface area (Å²) in [6, 6.07) is 10.6. The van der Waals surface area contributed by atoms with Gasteiger partial charge in [-0.2, -0.15) is 0 Å². The van der Waals surface area contributed by atoms with Gasteiger partial charge in [-0.15, -0.1) is 0 Å². The molecule has 0 fully saturated rings. The van der Waals surface area contributed by atoms with E-state index >= 15 is 0 Å². The molecular weight excluding hydrogens is 216 g/mol. The first-order valence-corrected chi connectivity index (χ1v) is 5.43. The summed E-state index contributed by atoms with van der Waals surface area (Å²) in [7, 11) is 0. The zero-order valence-electron chi connectivity index (χ0n) is 9.43. The van der Waals surface area contributed by atoms with E-state index in [2.05, 4.69) is 0 Å². The normalized spacial score (nSPS) is 10.4. The van der Waals surface area contributed by atoms with Gasteiger partial charge in [-0.3, -0.25) is 4.79 Å². The minimum atomic E-state index is -1.06. The molecule has 3 heteroatoms. The predicted molar refractivity (Wildman–Crippen MR) is 65.5 cm³/mol. The lowest BCUT2D eigenvalue weighted by molar-refractivity contribution is 0.0694. The van der Waals surface area contributed by atoms with E-state index in [1.165, 1.54) is 0 Å². The van der Waals surface area contributed by atoms with Crippen molar-refractivity contribution >= 4 is 22.5 Å². The van der Waals surface area contributed by atoms with E-state index < -0.39 is 5.97 Å². The Bertz CT molecular complexity index is 599. The van der Waals surface area contributed by atoms with Gasteiger partial charge in [0.2, 0.25) is 0 Å². The van der Waals surface area contributed by atoms with Gasteiger partial charge in [-0.25, -0.2) is 4.79 Å². The summed E-state index contributed by atoms with van der Waals surface area (Å²) in [6.07, 6.45) is 0.304. The number of carboxylic acid groups (broad SMARTS) is 1. The van der Waals surface area contributed by atoms with Crippen molar-refractivity contribution in [2.45, 2.75) is 13.3 Å². The third kappa shape index (κ3) is 1.91. The topological polar surface area (TPSA) is 54.4 Å². The Morgan fingerprint density at radius 1 is 1.12 bits per heavy atom. The monoisotopic (exact) mass is 228 g/mol. The van der Waals surface area contributed by atoms with Gasteiger partial charge >= 0.3 is 5.97 Å². The summed E-state index contributed by atoms with van der Waals surface area (Å²) in [5.41, 5.74) is 0.397. The third-order valence-electron chi connectivity index (χ3n) is 2.76. The zero-order valence-corrected chi connectivity index (χ0v) is 9.43. The van der Waals surface area contributed by atoms with Crippen molar-refractivity contribution in [2.75, 3.05) is 0 Å². The number of rotatable bonds is 3. The van der Waals surface area contributed by atoms with Crippen LogP contribution in [0.4, 0.5) is 0 Å². The van der Waals surface area contributed by atoms with Gasteiger partial charge in [0.05, 0.1) is 5.56 Å². The van der Waals surface area contributed by atoms with Crippen LogP contribution in [0, 0.1) is 0 Å². The molecule has 3 nitrogen and oxygen atoms in total. The second kappa shape index (κ2) is 4.37. The van der Waals surface area contributed by atoms with Crippen LogP contribution in [0.5, 0.6) is 0 Å². The molecule has 0 saturated carbocycles. The van der Waals surface area contributed by atoms with Crippen LogP contribution in [0.15, 0.2) is 36.4 Å². The predicted octanol–water partition coefficient (Wildman–Crippen LogP) is 3.13. The molecule has 0 aliphatic heterocycles.